The van der Waals surface area contributed by atoms with Crippen molar-refractivity contribution in [3.63, 3.8) is 0 Å². The van der Waals surface area contributed by atoms with E-state index in [9.17, 15) is 9.50 Å². The molecule has 25 heavy (non-hydrogen) atoms. The van der Waals surface area contributed by atoms with Gasteiger partial charge in [-0.05, 0) is 42.5 Å². The zero-order valence-electron chi connectivity index (χ0n) is 13.9. The van der Waals surface area contributed by atoms with Crippen molar-refractivity contribution in [3.8, 4) is 5.75 Å². The monoisotopic (exact) mass is 364 g/mol. The van der Waals surface area contributed by atoms with Crippen LogP contribution >= 0.6 is 11.6 Å². The van der Waals surface area contributed by atoms with Gasteiger partial charge in [0.05, 0.1) is 0 Å². The first-order chi connectivity index (χ1) is 12.1. The largest absolute Gasteiger partial charge is 0.491 e. The van der Waals surface area contributed by atoms with Gasteiger partial charge in [-0.15, -0.1) is 0 Å². The lowest BCUT2D eigenvalue weighted by molar-refractivity contribution is 0.0663. The van der Waals surface area contributed by atoms with Crippen LogP contribution in [-0.2, 0) is 0 Å². The molecule has 0 radical (unpaired) electrons. The molecule has 0 bridgehead atoms. The SMILES string of the molecule is O[C@H](COc1ccc(F)cc1)CN1CCN(c2cccc(Cl)c2)CC1. The molecular formula is C19H22ClFN2O2. The van der Waals surface area contributed by atoms with Crippen LogP contribution in [0.5, 0.6) is 5.75 Å². The van der Waals surface area contributed by atoms with Crippen LogP contribution in [0.3, 0.4) is 0 Å². The maximum Gasteiger partial charge on any atom is 0.123 e. The number of nitrogens with zero attached hydrogens (tertiary/aromatic N) is 2. The standard InChI is InChI=1S/C19H22ClFN2O2/c20-15-2-1-3-17(12-15)23-10-8-22(9-11-23)13-18(24)14-25-19-6-4-16(21)5-7-19/h1-7,12,18,24H,8-11,13-14H2/t18-/m0/s1. The summed E-state index contributed by atoms with van der Waals surface area (Å²) in [4.78, 5) is 4.52. The summed E-state index contributed by atoms with van der Waals surface area (Å²) in [6, 6.07) is 13.7. The highest BCUT2D eigenvalue weighted by atomic mass is 35.5. The molecule has 0 spiro atoms. The van der Waals surface area contributed by atoms with Crippen LogP contribution in [0.2, 0.25) is 5.02 Å². The Bertz CT molecular complexity index is 675. The van der Waals surface area contributed by atoms with Gasteiger partial charge in [0, 0.05) is 43.4 Å². The van der Waals surface area contributed by atoms with E-state index in [2.05, 4.69) is 15.9 Å². The molecule has 0 saturated carbocycles. The van der Waals surface area contributed by atoms with Crippen molar-refractivity contribution in [2.24, 2.45) is 0 Å². The Morgan fingerprint density at radius 3 is 2.48 bits per heavy atom. The van der Waals surface area contributed by atoms with Crippen molar-refractivity contribution in [1.29, 1.82) is 0 Å². The lowest BCUT2D eigenvalue weighted by atomic mass is 10.2. The van der Waals surface area contributed by atoms with E-state index in [1.807, 2.05) is 18.2 Å². The van der Waals surface area contributed by atoms with Gasteiger partial charge < -0.3 is 14.7 Å². The maximum absolute atomic E-state index is 12.8. The van der Waals surface area contributed by atoms with Crippen molar-refractivity contribution in [1.82, 2.24) is 4.90 Å². The van der Waals surface area contributed by atoms with Gasteiger partial charge in [0.1, 0.15) is 24.3 Å². The summed E-state index contributed by atoms with van der Waals surface area (Å²) in [6.45, 7) is 4.29. The maximum atomic E-state index is 12.8. The number of anilines is 1. The lowest BCUT2D eigenvalue weighted by Gasteiger charge is -2.36. The molecule has 0 unspecified atom stereocenters. The molecule has 0 aromatic heterocycles. The van der Waals surface area contributed by atoms with Crippen molar-refractivity contribution in [2.75, 3.05) is 44.2 Å². The van der Waals surface area contributed by atoms with Gasteiger partial charge in [-0.1, -0.05) is 17.7 Å². The number of benzene rings is 2. The number of aliphatic hydroxyl groups excluding tert-OH is 1. The van der Waals surface area contributed by atoms with E-state index in [0.29, 0.717) is 12.3 Å². The number of piperazine rings is 1. The van der Waals surface area contributed by atoms with E-state index in [4.69, 9.17) is 16.3 Å². The number of aliphatic hydroxyl groups is 1. The Hall–Kier alpha value is -1.82. The van der Waals surface area contributed by atoms with Crippen LogP contribution in [0.1, 0.15) is 0 Å². The third-order valence-electron chi connectivity index (χ3n) is 4.27. The summed E-state index contributed by atoms with van der Waals surface area (Å²) in [5.41, 5.74) is 1.13. The highest BCUT2D eigenvalue weighted by molar-refractivity contribution is 6.30. The number of rotatable bonds is 6. The van der Waals surface area contributed by atoms with E-state index in [-0.39, 0.29) is 12.4 Å². The molecule has 2 aromatic carbocycles. The second-order valence-corrected chi connectivity index (χ2v) is 6.62. The first-order valence-corrected chi connectivity index (χ1v) is 8.77. The molecule has 2 aromatic rings. The van der Waals surface area contributed by atoms with Gasteiger partial charge in [0.2, 0.25) is 0 Å². The number of hydrogen-bond donors (Lipinski definition) is 1. The van der Waals surface area contributed by atoms with E-state index < -0.39 is 6.10 Å². The number of halogens is 2. The average Bonchev–Trinajstić information content (AvgIpc) is 2.62. The zero-order chi connectivity index (χ0) is 17.6. The van der Waals surface area contributed by atoms with E-state index in [0.717, 1.165) is 36.9 Å². The van der Waals surface area contributed by atoms with Crippen LogP contribution in [0.25, 0.3) is 0 Å². The molecule has 1 saturated heterocycles. The molecule has 1 atom stereocenters. The van der Waals surface area contributed by atoms with Crippen LogP contribution in [0, 0.1) is 5.82 Å². The van der Waals surface area contributed by atoms with Crippen molar-refractivity contribution >= 4 is 17.3 Å². The minimum absolute atomic E-state index is 0.195. The normalized spacial score (nSPS) is 16.7. The Labute approximate surface area is 152 Å². The third-order valence-corrected chi connectivity index (χ3v) is 4.51. The highest BCUT2D eigenvalue weighted by Crippen LogP contribution is 2.20. The molecule has 1 aliphatic rings. The minimum atomic E-state index is -0.581. The van der Waals surface area contributed by atoms with Crippen LogP contribution in [0.15, 0.2) is 48.5 Å². The highest BCUT2D eigenvalue weighted by Gasteiger charge is 2.20. The van der Waals surface area contributed by atoms with E-state index in [1.54, 1.807) is 12.1 Å². The Balaban J connectivity index is 1.41. The smallest absolute Gasteiger partial charge is 0.123 e. The quantitative estimate of drug-likeness (QED) is 0.854. The predicted octanol–water partition coefficient (Wildman–Crippen LogP) is 3.04. The summed E-state index contributed by atoms with van der Waals surface area (Å²) in [6.07, 6.45) is -0.581. The average molecular weight is 365 g/mol. The fourth-order valence-corrected chi connectivity index (χ4v) is 3.12. The predicted molar refractivity (Wildman–Crippen MR) is 98.0 cm³/mol. The van der Waals surface area contributed by atoms with Gasteiger partial charge in [0.15, 0.2) is 0 Å². The van der Waals surface area contributed by atoms with Crippen LogP contribution < -0.4 is 9.64 Å². The van der Waals surface area contributed by atoms with Crippen molar-refractivity contribution in [3.05, 3.63) is 59.4 Å². The van der Waals surface area contributed by atoms with Crippen LogP contribution in [-0.4, -0.2) is 55.4 Å². The van der Waals surface area contributed by atoms with Crippen LogP contribution in [0.4, 0.5) is 10.1 Å². The van der Waals surface area contributed by atoms with Gasteiger partial charge >= 0.3 is 0 Å². The van der Waals surface area contributed by atoms with Gasteiger partial charge in [-0.3, -0.25) is 4.90 Å². The van der Waals surface area contributed by atoms with E-state index in [1.165, 1.54) is 12.1 Å². The van der Waals surface area contributed by atoms with E-state index >= 15 is 0 Å². The number of hydrogen-bond acceptors (Lipinski definition) is 4. The third kappa shape index (κ3) is 5.33. The van der Waals surface area contributed by atoms with Gasteiger partial charge in [0.25, 0.3) is 0 Å². The first kappa shape index (κ1) is 18.0. The fourth-order valence-electron chi connectivity index (χ4n) is 2.94. The Kier molecular flexibility index (Phi) is 6.13. The zero-order valence-corrected chi connectivity index (χ0v) is 14.7. The second kappa shape index (κ2) is 8.52. The molecule has 1 fully saturated rings. The summed E-state index contributed by atoms with van der Waals surface area (Å²) in [5, 5.41) is 10.9. The number of β-amino-alcohol motifs (C(OH)–C–C–N with tert-alkyl or cyclic N) is 1. The molecule has 4 nitrogen and oxygen atoms in total. The molecule has 3 rings (SSSR count). The molecule has 134 valence electrons. The molecule has 6 heteroatoms. The fraction of sp³-hybridized carbons (Fsp3) is 0.368. The molecular weight excluding hydrogens is 343 g/mol. The topological polar surface area (TPSA) is 35.9 Å². The molecule has 0 amide bonds. The second-order valence-electron chi connectivity index (χ2n) is 6.19. The summed E-state index contributed by atoms with van der Waals surface area (Å²) in [7, 11) is 0. The molecule has 1 N–H and O–H groups in total. The first-order valence-electron chi connectivity index (χ1n) is 8.39. The minimum Gasteiger partial charge on any atom is -0.491 e. The number of ether oxygens (including phenoxy) is 1. The van der Waals surface area contributed by atoms with Gasteiger partial charge in [-0.2, -0.15) is 0 Å². The molecule has 1 heterocycles. The lowest BCUT2D eigenvalue weighted by Crippen LogP contribution is -2.49. The van der Waals surface area contributed by atoms with Gasteiger partial charge in [-0.25, -0.2) is 4.39 Å². The molecule has 0 aliphatic carbocycles. The van der Waals surface area contributed by atoms with Crippen molar-refractivity contribution < 1.29 is 14.2 Å². The summed E-state index contributed by atoms with van der Waals surface area (Å²) < 4.78 is 18.3. The van der Waals surface area contributed by atoms with Crippen molar-refractivity contribution in [2.45, 2.75) is 6.10 Å². The summed E-state index contributed by atoms with van der Waals surface area (Å²) in [5.74, 6) is 0.261. The molecule has 1 aliphatic heterocycles. The Morgan fingerprint density at radius 2 is 1.80 bits per heavy atom. The summed E-state index contributed by atoms with van der Waals surface area (Å²) >= 11 is 6.05. The Morgan fingerprint density at radius 1 is 1.08 bits per heavy atom.